The lowest BCUT2D eigenvalue weighted by Crippen LogP contribution is -2.36. The number of amides is 1. The average molecular weight is 451 g/mol. The second kappa shape index (κ2) is 11.1. The number of aliphatic imine (C=N–C) groups is 1. The van der Waals surface area contributed by atoms with E-state index in [9.17, 15) is 14.0 Å². The SMILES string of the molecule is CC(=O)OC1CCC(C(=O)NC/C2=C/NC(Nc3cc(F)cc(Cl)c3)=NCCC2)CC1. The predicted molar refractivity (Wildman–Crippen MR) is 118 cm³/mol. The summed E-state index contributed by atoms with van der Waals surface area (Å²) in [7, 11) is 0. The van der Waals surface area contributed by atoms with Gasteiger partial charge in [0, 0.05) is 42.8 Å². The molecule has 2 aliphatic rings. The number of hydrogen-bond acceptors (Lipinski definition) is 6. The third kappa shape index (κ3) is 7.54. The Morgan fingerprint density at radius 2 is 2.03 bits per heavy atom. The Balaban J connectivity index is 1.48. The quantitative estimate of drug-likeness (QED) is 0.594. The third-order valence-corrected chi connectivity index (χ3v) is 5.55. The first-order valence-electron chi connectivity index (χ1n) is 10.6. The number of ether oxygens (including phenoxy) is 1. The first kappa shape index (κ1) is 23.1. The molecule has 0 aromatic heterocycles. The van der Waals surface area contributed by atoms with Gasteiger partial charge in [-0.3, -0.25) is 14.6 Å². The van der Waals surface area contributed by atoms with Crippen molar-refractivity contribution in [2.45, 2.75) is 51.6 Å². The van der Waals surface area contributed by atoms with Crippen LogP contribution in [0.25, 0.3) is 0 Å². The van der Waals surface area contributed by atoms with E-state index >= 15 is 0 Å². The fourth-order valence-electron chi connectivity index (χ4n) is 3.79. The summed E-state index contributed by atoms with van der Waals surface area (Å²) < 4.78 is 18.8. The van der Waals surface area contributed by atoms with Crippen molar-refractivity contribution in [2.75, 3.05) is 18.4 Å². The van der Waals surface area contributed by atoms with Crippen LogP contribution in [-0.2, 0) is 14.3 Å². The molecule has 1 aliphatic carbocycles. The molecule has 0 unspecified atom stereocenters. The molecule has 1 fully saturated rings. The first-order chi connectivity index (χ1) is 14.9. The van der Waals surface area contributed by atoms with Gasteiger partial charge in [0.2, 0.25) is 5.91 Å². The molecule has 9 heteroatoms. The number of anilines is 1. The molecule has 1 aromatic rings. The minimum absolute atomic E-state index is 0.0330. The van der Waals surface area contributed by atoms with Crippen LogP contribution in [0.4, 0.5) is 10.1 Å². The topological polar surface area (TPSA) is 91.8 Å². The number of guanidine groups is 1. The maximum absolute atomic E-state index is 13.5. The summed E-state index contributed by atoms with van der Waals surface area (Å²) in [5.41, 5.74) is 1.55. The van der Waals surface area contributed by atoms with E-state index in [0.29, 0.717) is 29.8 Å². The molecule has 7 nitrogen and oxygen atoms in total. The van der Waals surface area contributed by atoms with Gasteiger partial charge in [0.15, 0.2) is 5.96 Å². The van der Waals surface area contributed by atoms with Crippen molar-refractivity contribution in [1.82, 2.24) is 10.6 Å². The van der Waals surface area contributed by atoms with Crippen molar-refractivity contribution in [1.29, 1.82) is 0 Å². The molecule has 3 rings (SSSR count). The van der Waals surface area contributed by atoms with Gasteiger partial charge >= 0.3 is 5.97 Å². The summed E-state index contributed by atoms with van der Waals surface area (Å²) in [6.07, 6.45) is 6.28. The molecule has 0 spiro atoms. The van der Waals surface area contributed by atoms with Gasteiger partial charge in [-0.2, -0.15) is 0 Å². The minimum atomic E-state index is -0.428. The molecule has 31 heavy (non-hydrogen) atoms. The van der Waals surface area contributed by atoms with Gasteiger partial charge in [-0.05, 0) is 62.3 Å². The summed E-state index contributed by atoms with van der Waals surface area (Å²) in [5, 5.41) is 9.45. The summed E-state index contributed by atoms with van der Waals surface area (Å²) in [5.74, 6) is -0.220. The molecule has 0 atom stereocenters. The third-order valence-electron chi connectivity index (χ3n) is 5.33. The molecular formula is C22H28ClFN4O3. The van der Waals surface area contributed by atoms with Gasteiger partial charge in [-0.25, -0.2) is 4.39 Å². The Morgan fingerprint density at radius 3 is 2.74 bits per heavy atom. The van der Waals surface area contributed by atoms with E-state index in [1.54, 1.807) is 6.07 Å². The number of esters is 1. The van der Waals surface area contributed by atoms with Crippen LogP contribution in [0, 0.1) is 11.7 Å². The molecule has 1 aromatic carbocycles. The summed E-state index contributed by atoms with van der Waals surface area (Å²) in [6, 6.07) is 4.20. The fourth-order valence-corrected chi connectivity index (χ4v) is 4.01. The maximum Gasteiger partial charge on any atom is 0.302 e. The lowest BCUT2D eigenvalue weighted by atomic mass is 9.86. The van der Waals surface area contributed by atoms with Gasteiger partial charge < -0.3 is 20.7 Å². The van der Waals surface area contributed by atoms with Crippen molar-refractivity contribution in [3.63, 3.8) is 0 Å². The minimum Gasteiger partial charge on any atom is -0.463 e. The van der Waals surface area contributed by atoms with E-state index in [4.69, 9.17) is 16.3 Å². The van der Waals surface area contributed by atoms with E-state index in [-0.39, 0.29) is 23.9 Å². The zero-order valence-electron chi connectivity index (χ0n) is 17.5. The Labute approximate surface area is 186 Å². The second-order valence-electron chi connectivity index (χ2n) is 7.86. The number of rotatable bonds is 5. The molecule has 1 amide bonds. The van der Waals surface area contributed by atoms with Crippen LogP contribution >= 0.6 is 11.6 Å². The summed E-state index contributed by atoms with van der Waals surface area (Å²) in [6.45, 7) is 2.47. The fraction of sp³-hybridized carbons (Fsp3) is 0.500. The Kier molecular flexibility index (Phi) is 8.28. The highest BCUT2D eigenvalue weighted by Crippen LogP contribution is 2.26. The molecule has 168 valence electrons. The highest BCUT2D eigenvalue weighted by Gasteiger charge is 2.27. The van der Waals surface area contributed by atoms with Crippen molar-refractivity contribution in [3.8, 4) is 0 Å². The maximum atomic E-state index is 13.5. The number of benzene rings is 1. The largest absolute Gasteiger partial charge is 0.463 e. The standard InChI is InChI=1S/C22H28ClFN4O3/c1-14(29)31-20-6-4-16(5-7-20)21(30)26-12-15-3-2-8-25-22(27-13-15)28-19-10-17(23)9-18(24)11-19/h9-11,13,16,20H,2-8,12H2,1H3,(H,26,30)(H2,25,27,28)/b15-13+. The van der Waals surface area contributed by atoms with Crippen LogP contribution in [-0.4, -0.2) is 37.0 Å². The van der Waals surface area contributed by atoms with Crippen LogP contribution < -0.4 is 16.0 Å². The van der Waals surface area contributed by atoms with Crippen molar-refractivity contribution in [2.24, 2.45) is 10.9 Å². The average Bonchev–Trinajstić information content (AvgIpc) is 2.69. The molecule has 1 aliphatic heterocycles. The zero-order valence-corrected chi connectivity index (χ0v) is 18.3. The molecule has 0 bridgehead atoms. The molecule has 1 saturated carbocycles. The van der Waals surface area contributed by atoms with Gasteiger partial charge in [0.05, 0.1) is 0 Å². The lowest BCUT2D eigenvalue weighted by molar-refractivity contribution is -0.148. The Hall–Kier alpha value is -2.61. The van der Waals surface area contributed by atoms with Crippen molar-refractivity contribution >= 4 is 35.1 Å². The molecular weight excluding hydrogens is 423 g/mol. The molecule has 0 saturated heterocycles. The molecule has 3 N–H and O–H groups in total. The Bertz CT molecular complexity index is 846. The smallest absolute Gasteiger partial charge is 0.302 e. The van der Waals surface area contributed by atoms with Crippen LogP contribution in [0.3, 0.4) is 0 Å². The van der Waals surface area contributed by atoms with Crippen LogP contribution in [0.1, 0.15) is 45.4 Å². The lowest BCUT2D eigenvalue weighted by Gasteiger charge is -2.27. The summed E-state index contributed by atoms with van der Waals surface area (Å²) >= 11 is 5.90. The second-order valence-corrected chi connectivity index (χ2v) is 8.30. The van der Waals surface area contributed by atoms with E-state index in [2.05, 4.69) is 20.9 Å². The number of nitrogens with zero attached hydrogens (tertiary/aromatic N) is 1. The number of carbonyl (C=O) groups is 2. The highest BCUT2D eigenvalue weighted by atomic mass is 35.5. The first-order valence-corrected chi connectivity index (χ1v) is 10.9. The van der Waals surface area contributed by atoms with Crippen molar-refractivity contribution in [3.05, 3.63) is 40.8 Å². The monoisotopic (exact) mass is 450 g/mol. The van der Waals surface area contributed by atoms with Crippen LogP contribution in [0.2, 0.25) is 5.02 Å². The van der Waals surface area contributed by atoms with E-state index in [1.807, 2.05) is 6.20 Å². The zero-order chi connectivity index (χ0) is 22.2. The van der Waals surface area contributed by atoms with Gasteiger partial charge in [-0.15, -0.1) is 0 Å². The Morgan fingerprint density at radius 1 is 1.26 bits per heavy atom. The van der Waals surface area contributed by atoms with Crippen LogP contribution in [0.5, 0.6) is 0 Å². The van der Waals surface area contributed by atoms with Gasteiger partial charge in [0.1, 0.15) is 11.9 Å². The molecule has 1 heterocycles. The predicted octanol–water partition coefficient (Wildman–Crippen LogP) is 3.75. The number of halogens is 2. The van der Waals surface area contributed by atoms with Gasteiger partial charge in [-0.1, -0.05) is 11.6 Å². The summed E-state index contributed by atoms with van der Waals surface area (Å²) in [4.78, 5) is 28.0. The van der Waals surface area contributed by atoms with E-state index in [1.165, 1.54) is 19.1 Å². The van der Waals surface area contributed by atoms with Crippen molar-refractivity contribution < 1.29 is 18.7 Å². The number of nitrogens with one attached hydrogen (secondary N) is 3. The normalized spacial score (nSPS) is 23.2. The highest BCUT2D eigenvalue weighted by molar-refractivity contribution is 6.30. The van der Waals surface area contributed by atoms with E-state index in [0.717, 1.165) is 44.1 Å². The van der Waals surface area contributed by atoms with Crippen LogP contribution in [0.15, 0.2) is 35.0 Å². The number of hydrogen-bond donors (Lipinski definition) is 3. The molecule has 0 radical (unpaired) electrons. The van der Waals surface area contributed by atoms with Gasteiger partial charge in [0.25, 0.3) is 0 Å². The van der Waals surface area contributed by atoms with E-state index < -0.39 is 5.82 Å². The number of carbonyl (C=O) groups excluding carboxylic acids is 2.